The summed E-state index contributed by atoms with van der Waals surface area (Å²) in [5.74, 6) is -3.16. The van der Waals surface area contributed by atoms with Gasteiger partial charge in [0.05, 0.1) is 17.4 Å². The van der Waals surface area contributed by atoms with Gasteiger partial charge >= 0.3 is 44.8 Å². The van der Waals surface area contributed by atoms with Gasteiger partial charge in [0, 0.05) is 13.2 Å². The molecule has 7 heteroatoms. The molecule has 1 aliphatic heterocycles. The standard InChI is InChI=1S/C7H10O5.2Ag/c8-5(9)7(6(10)11)1-3-12-4-2-7;;/h1-4H2,(H,8,9)(H,10,11);;/q;2*+1/p-2. The molecular formula is C7H8Ag2O5. The molecule has 0 aliphatic carbocycles. The second-order valence-corrected chi connectivity index (χ2v) is 2.77. The summed E-state index contributed by atoms with van der Waals surface area (Å²) < 4.78 is 4.84. The summed E-state index contributed by atoms with van der Waals surface area (Å²) in [6, 6.07) is 0. The zero-order chi connectivity index (χ0) is 9.19. The summed E-state index contributed by atoms with van der Waals surface area (Å²) in [5.41, 5.74) is -1.84. The van der Waals surface area contributed by atoms with E-state index in [1.165, 1.54) is 0 Å². The van der Waals surface area contributed by atoms with E-state index >= 15 is 0 Å². The van der Waals surface area contributed by atoms with Crippen molar-refractivity contribution in [2.45, 2.75) is 12.8 Å². The van der Waals surface area contributed by atoms with Gasteiger partial charge in [-0.05, 0) is 12.8 Å². The first-order valence-electron chi connectivity index (χ1n) is 3.60. The number of hydrogen-bond acceptors (Lipinski definition) is 5. The molecule has 5 nitrogen and oxygen atoms in total. The van der Waals surface area contributed by atoms with Gasteiger partial charge in [0.25, 0.3) is 0 Å². The normalized spacial score (nSPS) is 18.6. The minimum Gasteiger partial charge on any atom is -0.549 e. The molecule has 14 heavy (non-hydrogen) atoms. The van der Waals surface area contributed by atoms with E-state index in [2.05, 4.69) is 0 Å². The van der Waals surface area contributed by atoms with E-state index in [4.69, 9.17) is 4.74 Å². The van der Waals surface area contributed by atoms with Crippen LogP contribution in [0.2, 0.25) is 0 Å². The fraction of sp³-hybridized carbons (Fsp3) is 0.714. The van der Waals surface area contributed by atoms with Gasteiger partial charge in [-0.15, -0.1) is 0 Å². The Labute approximate surface area is 112 Å². The molecule has 88 valence electrons. The molecule has 0 amide bonds. The summed E-state index contributed by atoms with van der Waals surface area (Å²) in [6.45, 7) is 0.254. The predicted molar refractivity (Wildman–Crippen MR) is 32.5 cm³/mol. The Morgan fingerprint density at radius 1 is 1.00 bits per heavy atom. The molecule has 0 radical (unpaired) electrons. The predicted octanol–water partition coefficient (Wildman–Crippen LogP) is -2.72. The Bertz CT molecular complexity index is 196. The monoisotopic (exact) mass is 386 g/mol. The zero-order valence-electron chi connectivity index (χ0n) is 6.97. The number of hydrogen-bond donors (Lipinski definition) is 0. The van der Waals surface area contributed by atoms with E-state index in [0.29, 0.717) is 0 Å². The van der Waals surface area contributed by atoms with Crippen LogP contribution in [0.3, 0.4) is 0 Å². The number of carboxylic acids is 2. The van der Waals surface area contributed by atoms with E-state index in [1.54, 1.807) is 0 Å². The minimum atomic E-state index is -1.84. The number of ether oxygens (including phenoxy) is 1. The van der Waals surface area contributed by atoms with Crippen LogP contribution in [-0.4, -0.2) is 25.2 Å². The van der Waals surface area contributed by atoms with Crippen LogP contribution in [-0.2, 0) is 59.1 Å². The average molecular weight is 388 g/mol. The zero-order valence-corrected chi connectivity index (χ0v) is 9.94. The van der Waals surface area contributed by atoms with Gasteiger partial charge < -0.3 is 24.5 Å². The summed E-state index contributed by atoms with van der Waals surface area (Å²) in [6.07, 6.45) is -0.144. The fourth-order valence-corrected chi connectivity index (χ4v) is 1.21. The minimum absolute atomic E-state index is 0. The molecule has 0 N–H and O–H groups in total. The van der Waals surface area contributed by atoms with Crippen molar-refractivity contribution >= 4 is 11.9 Å². The molecule has 0 unspecified atom stereocenters. The van der Waals surface area contributed by atoms with Gasteiger partial charge in [0.1, 0.15) is 0 Å². The molecule has 1 fully saturated rings. The maximum absolute atomic E-state index is 10.5. The van der Waals surface area contributed by atoms with Gasteiger partial charge in [-0.1, -0.05) is 0 Å². The van der Waals surface area contributed by atoms with Crippen LogP contribution in [0.4, 0.5) is 0 Å². The SMILES string of the molecule is O=C([O-])C1(C(=O)[O-])CCOCC1.[Ag+].[Ag+]. The largest absolute Gasteiger partial charge is 1.00 e. The third-order valence-corrected chi connectivity index (χ3v) is 2.13. The maximum atomic E-state index is 10.5. The number of aliphatic carboxylic acids is 2. The first-order chi connectivity index (χ1) is 5.59. The van der Waals surface area contributed by atoms with Crippen molar-refractivity contribution in [2.75, 3.05) is 13.2 Å². The van der Waals surface area contributed by atoms with Gasteiger partial charge in [-0.25, -0.2) is 0 Å². The maximum Gasteiger partial charge on any atom is 1.00 e. The van der Waals surface area contributed by atoms with Crippen molar-refractivity contribution in [2.24, 2.45) is 5.41 Å². The fourth-order valence-electron chi connectivity index (χ4n) is 1.21. The molecule has 1 saturated heterocycles. The second-order valence-electron chi connectivity index (χ2n) is 2.77. The van der Waals surface area contributed by atoms with Gasteiger partial charge in [0.2, 0.25) is 0 Å². The average Bonchev–Trinajstić information content (AvgIpc) is 2.05. The van der Waals surface area contributed by atoms with Crippen molar-refractivity contribution in [3.05, 3.63) is 0 Å². The Hall–Kier alpha value is 0.381. The van der Waals surface area contributed by atoms with Crippen molar-refractivity contribution < 1.29 is 69.3 Å². The van der Waals surface area contributed by atoms with E-state index in [9.17, 15) is 19.8 Å². The molecule has 0 bridgehead atoms. The third kappa shape index (κ3) is 3.20. The van der Waals surface area contributed by atoms with Crippen LogP contribution in [0.5, 0.6) is 0 Å². The summed E-state index contributed by atoms with van der Waals surface area (Å²) >= 11 is 0. The Morgan fingerprint density at radius 2 is 1.36 bits per heavy atom. The van der Waals surface area contributed by atoms with Crippen LogP contribution < -0.4 is 10.2 Å². The number of carbonyl (C=O) groups excluding carboxylic acids is 2. The van der Waals surface area contributed by atoms with Crippen LogP contribution in [0.1, 0.15) is 12.8 Å². The molecule has 1 heterocycles. The molecule has 1 aliphatic rings. The van der Waals surface area contributed by atoms with Crippen LogP contribution in [0, 0.1) is 5.41 Å². The Morgan fingerprint density at radius 3 is 1.57 bits per heavy atom. The molecule has 0 aromatic carbocycles. The van der Waals surface area contributed by atoms with E-state index < -0.39 is 17.4 Å². The Kier molecular flexibility index (Phi) is 8.15. The topological polar surface area (TPSA) is 89.5 Å². The van der Waals surface area contributed by atoms with Crippen molar-refractivity contribution in [1.29, 1.82) is 0 Å². The number of carboxylic acid groups (broad SMARTS) is 2. The first kappa shape index (κ1) is 16.8. The number of carbonyl (C=O) groups is 2. The molecule has 0 aromatic rings. The molecule has 0 spiro atoms. The molecule has 0 atom stereocenters. The quantitative estimate of drug-likeness (QED) is 0.379. The van der Waals surface area contributed by atoms with Gasteiger partial charge in [-0.3, -0.25) is 0 Å². The van der Waals surface area contributed by atoms with Crippen LogP contribution >= 0.6 is 0 Å². The Balaban J connectivity index is 0. The summed E-state index contributed by atoms with van der Waals surface area (Å²) in [4.78, 5) is 21.1. The summed E-state index contributed by atoms with van der Waals surface area (Å²) in [5, 5.41) is 21.1. The van der Waals surface area contributed by atoms with Crippen molar-refractivity contribution in [1.82, 2.24) is 0 Å². The third-order valence-electron chi connectivity index (χ3n) is 2.13. The molecule has 0 saturated carbocycles. The number of rotatable bonds is 2. The van der Waals surface area contributed by atoms with Crippen LogP contribution in [0.15, 0.2) is 0 Å². The molecule has 1 rings (SSSR count). The summed E-state index contributed by atoms with van der Waals surface area (Å²) in [7, 11) is 0. The second kappa shape index (κ2) is 6.79. The molecule has 0 aromatic heterocycles. The van der Waals surface area contributed by atoms with Crippen molar-refractivity contribution in [3.63, 3.8) is 0 Å². The molecular weight excluding hydrogens is 380 g/mol. The van der Waals surface area contributed by atoms with E-state index in [0.717, 1.165) is 0 Å². The van der Waals surface area contributed by atoms with E-state index in [1.807, 2.05) is 0 Å². The van der Waals surface area contributed by atoms with E-state index in [-0.39, 0.29) is 70.8 Å². The van der Waals surface area contributed by atoms with Gasteiger partial charge in [0.15, 0.2) is 0 Å². The van der Waals surface area contributed by atoms with Gasteiger partial charge in [-0.2, -0.15) is 0 Å². The smallest absolute Gasteiger partial charge is 0.549 e. The van der Waals surface area contributed by atoms with Crippen LogP contribution in [0.25, 0.3) is 0 Å². The first-order valence-corrected chi connectivity index (χ1v) is 3.60. The van der Waals surface area contributed by atoms with Crippen molar-refractivity contribution in [3.8, 4) is 0 Å².